The zero-order chi connectivity index (χ0) is 14.9. The second-order valence-electron chi connectivity index (χ2n) is 4.51. The first-order valence-corrected chi connectivity index (χ1v) is 6.48. The summed E-state index contributed by atoms with van der Waals surface area (Å²) in [6, 6.07) is 3.00. The molecule has 0 aliphatic carbocycles. The van der Waals surface area contributed by atoms with Gasteiger partial charge in [0.25, 0.3) is 5.91 Å². The summed E-state index contributed by atoms with van der Waals surface area (Å²) in [6.07, 6.45) is 1.68. The van der Waals surface area contributed by atoms with Crippen LogP contribution in [-0.4, -0.2) is 44.8 Å². The first-order valence-electron chi connectivity index (χ1n) is 6.48. The van der Waals surface area contributed by atoms with Crippen LogP contribution in [0.3, 0.4) is 0 Å². The molecule has 0 saturated carbocycles. The fraction of sp³-hybridized carbons (Fsp3) is 0.357. The molecule has 0 radical (unpaired) electrons. The Morgan fingerprint density at radius 1 is 1.24 bits per heavy atom. The molecular weight excluding hydrogens is 294 g/mol. The lowest BCUT2D eigenvalue weighted by Crippen LogP contribution is -2.30. The highest BCUT2D eigenvalue weighted by Gasteiger charge is 2.20. The number of halogens is 1. The fourth-order valence-electron chi connectivity index (χ4n) is 2.26. The van der Waals surface area contributed by atoms with Crippen LogP contribution in [0.25, 0.3) is 10.9 Å². The Labute approximate surface area is 128 Å². The summed E-state index contributed by atoms with van der Waals surface area (Å²) in [5.41, 5.74) is 0.941. The lowest BCUT2D eigenvalue weighted by molar-refractivity contribution is 0.0696. The molecule has 0 bridgehead atoms. The monoisotopic (exact) mass is 311 g/mol. The first-order chi connectivity index (χ1) is 9.49. The minimum Gasteiger partial charge on any atom is -0.478 e. The highest BCUT2D eigenvalue weighted by molar-refractivity contribution is 6.11. The van der Waals surface area contributed by atoms with Gasteiger partial charge in [0.15, 0.2) is 0 Å². The normalized spacial score (nSPS) is 10.2. The van der Waals surface area contributed by atoms with E-state index >= 15 is 0 Å². The number of hydrogen-bond donors (Lipinski definition) is 1. The maximum Gasteiger partial charge on any atom is 0.337 e. The highest BCUT2D eigenvalue weighted by atomic mass is 35.5. The molecule has 0 aliphatic heterocycles. The second-order valence-corrected chi connectivity index (χ2v) is 4.51. The third-order valence-electron chi connectivity index (χ3n) is 3.30. The summed E-state index contributed by atoms with van der Waals surface area (Å²) < 4.78 is 1.52. The second kappa shape index (κ2) is 6.58. The molecule has 0 fully saturated rings. The van der Waals surface area contributed by atoms with Crippen LogP contribution in [0.1, 0.15) is 34.6 Å². The number of hydrogen-bond acceptors (Lipinski definition) is 3. The van der Waals surface area contributed by atoms with Crippen LogP contribution in [0.15, 0.2) is 18.3 Å². The molecule has 2 aromatic rings. The van der Waals surface area contributed by atoms with Crippen molar-refractivity contribution in [2.45, 2.75) is 13.8 Å². The van der Waals surface area contributed by atoms with E-state index in [1.165, 1.54) is 10.7 Å². The molecule has 114 valence electrons. The molecule has 0 aliphatic rings. The van der Waals surface area contributed by atoms with Crippen molar-refractivity contribution in [3.05, 3.63) is 29.5 Å². The maximum atomic E-state index is 12.5. The van der Waals surface area contributed by atoms with Gasteiger partial charge < -0.3 is 10.0 Å². The predicted octanol–water partition coefficient (Wildman–Crippen LogP) is 2.18. The summed E-state index contributed by atoms with van der Waals surface area (Å²) in [4.78, 5) is 25.4. The van der Waals surface area contributed by atoms with E-state index in [9.17, 15) is 14.7 Å². The molecule has 0 spiro atoms. The van der Waals surface area contributed by atoms with Crippen molar-refractivity contribution < 1.29 is 14.7 Å². The van der Waals surface area contributed by atoms with Gasteiger partial charge >= 0.3 is 5.97 Å². The Morgan fingerprint density at radius 2 is 1.81 bits per heavy atom. The van der Waals surface area contributed by atoms with Crippen molar-refractivity contribution >= 4 is 35.2 Å². The van der Waals surface area contributed by atoms with Crippen molar-refractivity contribution in [3.8, 4) is 0 Å². The molecule has 0 unspecified atom stereocenters. The molecule has 1 N–H and O–H groups in total. The quantitative estimate of drug-likeness (QED) is 0.939. The molecule has 7 heteroatoms. The SMILES string of the molecule is CCN(CC)C(=O)c1ccc(C(=O)O)c2nn(C)cc12.Cl. The number of amides is 1. The number of nitrogens with zero attached hydrogens (tertiary/aromatic N) is 3. The van der Waals surface area contributed by atoms with Gasteiger partial charge in [0.05, 0.1) is 11.1 Å². The van der Waals surface area contributed by atoms with E-state index in [2.05, 4.69) is 5.10 Å². The van der Waals surface area contributed by atoms with Gasteiger partial charge in [-0.05, 0) is 26.0 Å². The molecule has 0 saturated heterocycles. The smallest absolute Gasteiger partial charge is 0.337 e. The van der Waals surface area contributed by atoms with Gasteiger partial charge in [0.2, 0.25) is 0 Å². The molecule has 1 heterocycles. The summed E-state index contributed by atoms with van der Waals surface area (Å²) >= 11 is 0. The lowest BCUT2D eigenvalue weighted by atomic mass is 10.0. The highest BCUT2D eigenvalue weighted by Crippen LogP contribution is 2.23. The van der Waals surface area contributed by atoms with E-state index in [1.54, 1.807) is 24.2 Å². The van der Waals surface area contributed by atoms with Gasteiger partial charge in [-0.15, -0.1) is 12.4 Å². The largest absolute Gasteiger partial charge is 0.478 e. The Morgan fingerprint density at radius 3 is 2.33 bits per heavy atom. The van der Waals surface area contributed by atoms with Crippen LogP contribution in [-0.2, 0) is 7.05 Å². The molecule has 1 aromatic carbocycles. The number of carboxylic acids is 1. The molecule has 1 aromatic heterocycles. The van der Waals surface area contributed by atoms with Crippen LogP contribution >= 0.6 is 12.4 Å². The van der Waals surface area contributed by atoms with Crippen LogP contribution in [0, 0.1) is 0 Å². The van der Waals surface area contributed by atoms with E-state index in [0.717, 1.165) is 0 Å². The average Bonchev–Trinajstić information content (AvgIpc) is 2.79. The summed E-state index contributed by atoms with van der Waals surface area (Å²) in [6.45, 7) is 5.04. The Bertz CT molecular complexity index is 677. The van der Waals surface area contributed by atoms with Crippen LogP contribution in [0.5, 0.6) is 0 Å². The molecule has 6 nitrogen and oxygen atoms in total. The minimum atomic E-state index is -1.05. The van der Waals surface area contributed by atoms with Crippen molar-refractivity contribution in [1.82, 2.24) is 14.7 Å². The topological polar surface area (TPSA) is 75.4 Å². The number of aryl methyl sites for hydroxylation is 1. The molecular formula is C14H18ClN3O3. The van der Waals surface area contributed by atoms with E-state index in [4.69, 9.17) is 0 Å². The van der Waals surface area contributed by atoms with Gasteiger partial charge in [-0.1, -0.05) is 0 Å². The molecule has 2 rings (SSSR count). The minimum absolute atomic E-state index is 0. The van der Waals surface area contributed by atoms with Crippen molar-refractivity contribution in [2.75, 3.05) is 13.1 Å². The van der Waals surface area contributed by atoms with E-state index < -0.39 is 5.97 Å². The maximum absolute atomic E-state index is 12.5. The number of carbonyl (C=O) groups is 2. The third kappa shape index (κ3) is 3.00. The van der Waals surface area contributed by atoms with Crippen LogP contribution < -0.4 is 0 Å². The van der Waals surface area contributed by atoms with Gasteiger partial charge in [0, 0.05) is 31.7 Å². The van der Waals surface area contributed by atoms with E-state index in [-0.39, 0.29) is 23.9 Å². The van der Waals surface area contributed by atoms with Crippen molar-refractivity contribution in [3.63, 3.8) is 0 Å². The van der Waals surface area contributed by atoms with E-state index in [1.807, 2.05) is 13.8 Å². The molecule has 1 amide bonds. The number of aromatic nitrogens is 2. The van der Waals surface area contributed by atoms with Gasteiger partial charge in [-0.2, -0.15) is 5.10 Å². The van der Waals surface area contributed by atoms with E-state index in [0.29, 0.717) is 29.6 Å². The zero-order valence-corrected chi connectivity index (χ0v) is 13.0. The Kier molecular flexibility index (Phi) is 5.32. The number of fused-ring (bicyclic) bond motifs is 1. The van der Waals surface area contributed by atoms with Gasteiger partial charge in [-0.3, -0.25) is 9.48 Å². The lowest BCUT2D eigenvalue weighted by Gasteiger charge is -2.19. The Hall–Kier alpha value is -2.08. The summed E-state index contributed by atoms with van der Waals surface area (Å²) in [5, 5.41) is 13.9. The predicted molar refractivity (Wildman–Crippen MR) is 82.2 cm³/mol. The van der Waals surface area contributed by atoms with Gasteiger partial charge in [-0.25, -0.2) is 4.79 Å². The number of benzene rings is 1. The average molecular weight is 312 g/mol. The standard InChI is InChI=1S/C14H17N3O3.ClH/c1-4-17(5-2)13(18)9-6-7-10(14(19)20)12-11(9)8-16(3)15-12;/h6-8H,4-5H2,1-3H3,(H,19,20);1H. The number of carboxylic acid groups (broad SMARTS) is 1. The Balaban J connectivity index is 0.00000220. The summed E-state index contributed by atoms with van der Waals surface area (Å²) in [5.74, 6) is -1.15. The number of carbonyl (C=O) groups excluding carboxylic acids is 1. The zero-order valence-electron chi connectivity index (χ0n) is 12.2. The van der Waals surface area contributed by atoms with Gasteiger partial charge in [0.1, 0.15) is 5.52 Å². The summed E-state index contributed by atoms with van der Waals surface area (Å²) in [7, 11) is 1.71. The van der Waals surface area contributed by atoms with Crippen LogP contribution in [0.2, 0.25) is 0 Å². The first kappa shape index (κ1) is 17.0. The van der Waals surface area contributed by atoms with Crippen LogP contribution in [0.4, 0.5) is 0 Å². The molecule has 0 atom stereocenters. The van der Waals surface area contributed by atoms with Crippen molar-refractivity contribution in [2.24, 2.45) is 7.05 Å². The molecule has 21 heavy (non-hydrogen) atoms. The number of aromatic carboxylic acids is 1. The third-order valence-corrected chi connectivity index (χ3v) is 3.30. The van der Waals surface area contributed by atoms with Crippen molar-refractivity contribution in [1.29, 1.82) is 0 Å². The fourth-order valence-corrected chi connectivity index (χ4v) is 2.26. The number of rotatable bonds is 4.